The third-order valence-corrected chi connectivity index (χ3v) is 5.14. The van der Waals surface area contributed by atoms with Crippen LogP contribution < -0.4 is 0 Å². The van der Waals surface area contributed by atoms with Crippen molar-refractivity contribution in [2.45, 2.75) is 24.8 Å². The lowest BCUT2D eigenvalue weighted by atomic mass is 10.2. The first kappa shape index (κ1) is 16.2. The van der Waals surface area contributed by atoms with Crippen molar-refractivity contribution in [1.29, 1.82) is 5.26 Å². The van der Waals surface area contributed by atoms with E-state index >= 15 is 0 Å². The molecule has 0 spiro atoms. The normalized spacial score (nSPS) is 11.3. The van der Waals surface area contributed by atoms with E-state index in [-0.39, 0.29) is 24.4 Å². The summed E-state index contributed by atoms with van der Waals surface area (Å²) in [6.45, 7) is 2.30. The molecule has 4 nitrogen and oxygen atoms in total. The molecule has 0 bridgehead atoms. The lowest BCUT2D eigenvalue weighted by Gasteiger charge is -2.21. The lowest BCUT2D eigenvalue weighted by Crippen LogP contribution is -2.31. The highest BCUT2D eigenvalue weighted by atomic mass is 32.2. The Balaban J connectivity index is 2.33. The molecule has 0 aromatic heterocycles. The number of rotatable bonds is 6. The van der Waals surface area contributed by atoms with Crippen LogP contribution in [0.5, 0.6) is 0 Å². The van der Waals surface area contributed by atoms with E-state index in [9.17, 15) is 8.42 Å². The molecule has 22 heavy (non-hydrogen) atoms. The van der Waals surface area contributed by atoms with Gasteiger partial charge in [-0.1, -0.05) is 42.5 Å². The van der Waals surface area contributed by atoms with Crippen molar-refractivity contribution in [3.05, 3.63) is 65.7 Å². The van der Waals surface area contributed by atoms with Crippen LogP contribution in [0.4, 0.5) is 0 Å². The SMILES string of the molecule is Cc1cccc(S(=O)(=O)N(CCC#N)Cc2ccccc2)c1. The minimum atomic E-state index is -3.61. The summed E-state index contributed by atoms with van der Waals surface area (Å²) in [5.41, 5.74) is 1.79. The van der Waals surface area contributed by atoms with Crippen LogP contribution in [0.3, 0.4) is 0 Å². The molecule has 0 unspecified atom stereocenters. The maximum Gasteiger partial charge on any atom is 0.243 e. The van der Waals surface area contributed by atoms with Crippen molar-refractivity contribution < 1.29 is 8.42 Å². The zero-order valence-electron chi connectivity index (χ0n) is 12.4. The molecule has 0 atom stereocenters. The largest absolute Gasteiger partial charge is 0.243 e. The second-order valence-electron chi connectivity index (χ2n) is 5.05. The zero-order valence-corrected chi connectivity index (χ0v) is 13.3. The third-order valence-electron chi connectivity index (χ3n) is 3.30. The molecule has 0 N–H and O–H groups in total. The highest BCUT2D eigenvalue weighted by Crippen LogP contribution is 2.19. The van der Waals surface area contributed by atoms with Gasteiger partial charge in [0.05, 0.1) is 11.0 Å². The molecule has 0 aliphatic rings. The number of aryl methyl sites for hydroxylation is 1. The molecule has 2 aromatic rings. The molecule has 0 aliphatic heterocycles. The van der Waals surface area contributed by atoms with E-state index < -0.39 is 10.0 Å². The highest BCUT2D eigenvalue weighted by Gasteiger charge is 2.24. The van der Waals surface area contributed by atoms with Crippen LogP contribution in [-0.2, 0) is 16.6 Å². The summed E-state index contributed by atoms with van der Waals surface area (Å²) < 4.78 is 27.0. The monoisotopic (exact) mass is 314 g/mol. The predicted octanol–water partition coefficient (Wildman–Crippen LogP) is 3.10. The number of sulfonamides is 1. The molecule has 2 aromatic carbocycles. The van der Waals surface area contributed by atoms with Crippen LogP contribution in [0.25, 0.3) is 0 Å². The minimum Gasteiger partial charge on any atom is -0.207 e. The van der Waals surface area contributed by atoms with Gasteiger partial charge in [-0.3, -0.25) is 0 Å². The van der Waals surface area contributed by atoms with Crippen LogP contribution in [0.15, 0.2) is 59.5 Å². The van der Waals surface area contributed by atoms with Gasteiger partial charge in [0.2, 0.25) is 10.0 Å². The summed E-state index contributed by atoms with van der Waals surface area (Å²) in [5.74, 6) is 0. The van der Waals surface area contributed by atoms with Gasteiger partial charge in [0.25, 0.3) is 0 Å². The quantitative estimate of drug-likeness (QED) is 0.823. The van der Waals surface area contributed by atoms with Crippen LogP contribution in [0.1, 0.15) is 17.5 Å². The van der Waals surface area contributed by atoms with Crippen molar-refractivity contribution in [2.75, 3.05) is 6.54 Å². The van der Waals surface area contributed by atoms with Gasteiger partial charge in [-0.15, -0.1) is 0 Å². The summed E-state index contributed by atoms with van der Waals surface area (Å²) in [5, 5.41) is 8.79. The smallest absolute Gasteiger partial charge is 0.207 e. The Kier molecular flexibility index (Phi) is 5.31. The summed E-state index contributed by atoms with van der Waals surface area (Å²) in [4.78, 5) is 0.265. The molecular weight excluding hydrogens is 296 g/mol. The van der Waals surface area contributed by atoms with Crippen molar-refractivity contribution in [2.24, 2.45) is 0 Å². The van der Waals surface area contributed by atoms with E-state index in [4.69, 9.17) is 5.26 Å². The van der Waals surface area contributed by atoms with Crippen LogP contribution >= 0.6 is 0 Å². The Bertz CT molecular complexity index is 765. The predicted molar refractivity (Wildman–Crippen MR) is 85.4 cm³/mol. The molecule has 0 heterocycles. The van der Waals surface area contributed by atoms with Crippen molar-refractivity contribution in [3.8, 4) is 6.07 Å². The Morgan fingerprint density at radius 3 is 2.45 bits per heavy atom. The van der Waals surface area contributed by atoms with Crippen LogP contribution in [0.2, 0.25) is 0 Å². The molecule has 0 aliphatic carbocycles. The van der Waals surface area contributed by atoms with Gasteiger partial charge < -0.3 is 0 Å². The fourth-order valence-corrected chi connectivity index (χ4v) is 3.71. The van der Waals surface area contributed by atoms with Crippen LogP contribution in [0, 0.1) is 18.3 Å². The van der Waals surface area contributed by atoms with Gasteiger partial charge in [0.15, 0.2) is 0 Å². The van der Waals surface area contributed by atoms with E-state index in [2.05, 4.69) is 0 Å². The van der Waals surface area contributed by atoms with Gasteiger partial charge in [0.1, 0.15) is 0 Å². The van der Waals surface area contributed by atoms with E-state index in [1.807, 2.05) is 49.4 Å². The van der Waals surface area contributed by atoms with Crippen molar-refractivity contribution >= 4 is 10.0 Å². The van der Waals surface area contributed by atoms with Gasteiger partial charge in [-0.05, 0) is 30.2 Å². The Morgan fingerprint density at radius 2 is 1.82 bits per heavy atom. The average molecular weight is 314 g/mol. The number of nitrogens with zero attached hydrogens (tertiary/aromatic N) is 2. The number of hydrogen-bond acceptors (Lipinski definition) is 3. The second kappa shape index (κ2) is 7.21. The zero-order chi connectivity index (χ0) is 16.0. The molecule has 0 fully saturated rings. The summed E-state index contributed by atoms with van der Waals surface area (Å²) in [7, 11) is -3.61. The first-order valence-corrected chi connectivity index (χ1v) is 8.46. The van der Waals surface area contributed by atoms with Gasteiger partial charge in [-0.2, -0.15) is 9.57 Å². The summed E-state index contributed by atoms with van der Waals surface area (Å²) in [6.07, 6.45) is 0.165. The molecule has 114 valence electrons. The summed E-state index contributed by atoms with van der Waals surface area (Å²) in [6, 6.07) is 18.2. The van der Waals surface area contributed by atoms with Gasteiger partial charge >= 0.3 is 0 Å². The number of hydrogen-bond donors (Lipinski definition) is 0. The third kappa shape index (κ3) is 3.94. The van der Waals surface area contributed by atoms with E-state index in [0.717, 1.165) is 11.1 Å². The topological polar surface area (TPSA) is 61.2 Å². The summed E-state index contributed by atoms with van der Waals surface area (Å²) >= 11 is 0. The van der Waals surface area contributed by atoms with E-state index in [1.165, 1.54) is 4.31 Å². The molecule has 0 saturated heterocycles. The molecular formula is C17H18N2O2S. The first-order chi connectivity index (χ1) is 10.5. The fraction of sp³-hybridized carbons (Fsp3) is 0.235. The molecule has 0 saturated carbocycles. The van der Waals surface area contributed by atoms with Crippen LogP contribution in [-0.4, -0.2) is 19.3 Å². The molecule has 2 rings (SSSR count). The molecule has 5 heteroatoms. The lowest BCUT2D eigenvalue weighted by molar-refractivity contribution is 0.413. The van der Waals surface area contributed by atoms with Gasteiger partial charge in [0, 0.05) is 19.5 Å². The average Bonchev–Trinajstić information content (AvgIpc) is 2.52. The van der Waals surface area contributed by atoms with E-state index in [1.54, 1.807) is 18.2 Å². The van der Waals surface area contributed by atoms with Crippen molar-refractivity contribution in [1.82, 2.24) is 4.31 Å². The maximum absolute atomic E-state index is 12.8. The fourth-order valence-electron chi connectivity index (χ4n) is 2.17. The Hall–Kier alpha value is -2.16. The van der Waals surface area contributed by atoms with Gasteiger partial charge in [-0.25, -0.2) is 8.42 Å². The second-order valence-corrected chi connectivity index (χ2v) is 6.99. The number of benzene rings is 2. The van der Waals surface area contributed by atoms with E-state index in [0.29, 0.717) is 0 Å². The number of nitriles is 1. The highest BCUT2D eigenvalue weighted by molar-refractivity contribution is 7.89. The minimum absolute atomic E-state index is 0.165. The Labute approximate surface area is 131 Å². The Morgan fingerprint density at radius 1 is 1.09 bits per heavy atom. The van der Waals surface area contributed by atoms with Crippen molar-refractivity contribution in [3.63, 3.8) is 0 Å². The molecule has 0 radical (unpaired) electrons. The molecule has 0 amide bonds. The first-order valence-electron chi connectivity index (χ1n) is 7.02. The standard InChI is InChI=1S/C17H18N2O2S/c1-15-7-5-10-17(13-15)22(20,21)19(12-6-11-18)14-16-8-3-2-4-9-16/h2-5,7-10,13H,6,12,14H2,1H3. The maximum atomic E-state index is 12.8.